The molecule has 0 aliphatic heterocycles. The van der Waals surface area contributed by atoms with Crippen molar-refractivity contribution in [3.05, 3.63) is 0 Å². The Morgan fingerprint density at radius 2 is 2.25 bits per heavy atom. The molecule has 0 aromatic heterocycles. The fourth-order valence-electron chi connectivity index (χ4n) is 0.370. The van der Waals surface area contributed by atoms with Crippen molar-refractivity contribution in [1.29, 1.82) is 0 Å². The normalized spacial score (nSPS) is 13.9. The lowest BCUT2D eigenvalue weighted by Gasteiger charge is -2.09. The average Bonchev–Trinajstić information content (AvgIpc) is 1.83. The first-order valence-corrected chi connectivity index (χ1v) is 2.57. The Hall–Kier alpha value is -0.120. The molecule has 0 rings (SSSR count). The first kappa shape index (κ1) is 7.88. The van der Waals surface area contributed by atoms with Crippen LogP contribution < -0.4 is 0 Å². The zero-order valence-electron chi connectivity index (χ0n) is 5.22. The van der Waals surface area contributed by atoms with Crippen LogP contribution in [0.15, 0.2) is 0 Å². The van der Waals surface area contributed by atoms with Gasteiger partial charge in [-0.2, -0.15) is 0 Å². The summed E-state index contributed by atoms with van der Waals surface area (Å²) >= 11 is 0. The molecule has 0 saturated heterocycles. The van der Waals surface area contributed by atoms with Gasteiger partial charge in [-0.1, -0.05) is 0 Å². The van der Waals surface area contributed by atoms with Crippen molar-refractivity contribution >= 4 is 0 Å². The summed E-state index contributed by atoms with van der Waals surface area (Å²) in [5.74, 6) is 0. The number of hydrogen-bond acceptors (Lipinski definition) is 2. The third-order valence-electron chi connectivity index (χ3n) is 0.752. The molecule has 0 fully saturated rings. The molecule has 8 heavy (non-hydrogen) atoms. The Morgan fingerprint density at radius 1 is 1.62 bits per heavy atom. The zero-order chi connectivity index (χ0) is 6.41. The Bertz CT molecular complexity index is 42.9. The van der Waals surface area contributed by atoms with E-state index in [2.05, 4.69) is 4.74 Å². The second-order valence-electron chi connectivity index (χ2n) is 1.29. The Morgan fingerprint density at radius 3 is 2.38 bits per heavy atom. The molecular formula is C5H11O3. The lowest BCUT2D eigenvalue weighted by Crippen LogP contribution is -2.18. The van der Waals surface area contributed by atoms with Gasteiger partial charge in [-0.25, -0.2) is 5.11 Å². The van der Waals surface area contributed by atoms with Gasteiger partial charge in [0.2, 0.25) is 0 Å². The van der Waals surface area contributed by atoms with Crippen LogP contribution in [0.25, 0.3) is 0 Å². The highest BCUT2D eigenvalue weighted by Gasteiger charge is 2.02. The van der Waals surface area contributed by atoms with Crippen LogP contribution in [-0.2, 0) is 14.6 Å². The maximum absolute atomic E-state index is 10.0. The van der Waals surface area contributed by atoms with Crippen LogP contribution in [0.2, 0.25) is 0 Å². The maximum atomic E-state index is 10.0. The summed E-state index contributed by atoms with van der Waals surface area (Å²) in [6.07, 6.45) is -0.556. The second kappa shape index (κ2) is 5.03. The summed E-state index contributed by atoms with van der Waals surface area (Å²) in [5, 5.41) is 10.0. The zero-order valence-corrected chi connectivity index (χ0v) is 5.22. The largest absolute Gasteiger partial charge is 0.353 e. The number of ether oxygens (including phenoxy) is 2. The van der Waals surface area contributed by atoms with Gasteiger partial charge in [0.05, 0.1) is 0 Å². The minimum Gasteiger partial charge on any atom is -0.353 e. The minimum absolute atomic E-state index is 0.329. The first-order valence-electron chi connectivity index (χ1n) is 2.57. The van der Waals surface area contributed by atoms with Gasteiger partial charge in [0, 0.05) is 13.7 Å². The highest BCUT2D eigenvalue weighted by molar-refractivity contribution is 4.33. The molecule has 0 spiro atoms. The fraction of sp³-hybridized carbons (Fsp3) is 1.00. The SMILES string of the molecule is CCOC(C[O])OC. The van der Waals surface area contributed by atoms with Gasteiger partial charge in [-0.3, -0.25) is 0 Å². The van der Waals surface area contributed by atoms with E-state index in [0.29, 0.717) is 6.61 Å². The van der Waals surface area contributed by atoms with E-state index in [-0.39, 0.29) is 6.61 Å². The van der Waals surface area contributed by atoms with Crippen LogP contribution >= 0.6 is 0 Å². The second-order valence-corrected chi connectivity index (χ2v) is 1.29. The molecule has 3 nitrogen and oxygen atoms in total. The Labute approximate surface area is 49.2 Å². The minimum atomic E-state index is -0.556. The molecule has 0 aliphatic carbocycles. The predicted octanol–water partition coefficient (Wildman–Crippen LogP) is 0.426. The van der Waals surface area contributed by atoms with Gasteiger partial charge < -0.3 is 9.47 Å². The topological polar surface area (TPSA) is 38.4 Å². The lowest BCUT2D eigenvalue weighted by atomic mass is 10.7. The highest BCUT2D eigenvalue weighted by Crippen LogP contribution is 1.89. The van der Waals surface area contributed by atoms with Crippen LogP contribution in [-0.4, -0.2) is 26.6 Å². The molecule has 0 saturated carbocycles. The summed E-state index contributed by atoms with van der Waals surface area (Å²) < 4.78 is 9.41. The van der Waals surface area contributed by atoms with Crippen molar-refractivity contribution in [2.75, 3.05) is 20.3 Å². The third-order valence-corrected chi connectivity index (χ3v) is 0.752. The first-order chi connectivity index (χ1) is 3.85. The molecule has 0 aromatic rings. The van der Waals surface area contributed by atoms with E-state index in [1.807, 2.05) is 6.92 Å². The van der Waals surface area contributed by atoms with Gasteiger partial charge in [-0.05, 0) is 6.92 Å². The van der Waals surface area contributed by atoms with E-state index in [9.17, 15) is 5.11 Å². The fourth-order valence-corrected chi connectivity index (χ4v) is 0.370. The summed E-state index contributed by atoms with van der Waals surface area (Å²) in [6, 6.07) is 0. The summed E-state index contributed by atoms with van der Waals surface area (Å²) in [7, 11) is 1.46. The van der Waals surface area contributed by atoms with Crippen molar-refractivity contribution in [3.63, 3.8) is 0 Å². The molecule has 0 heterocycles. The van der Waals surface area contributed by atoms with Gasteiger partial charge in [-0.15, -0.1) is 0 Å². The average molecular weight is 119 g/mol. The van der Waals surface area contributed by atoms with Gasteiger partial charge in [0.25, 0.3) is 0 Å². The van der Waals surface area contributed by atoms with Crippen LogP contribution in [0.1, 0.15) is 6.92 Å². The number of rotatable bonds is 4. The van der Waals surface area contributed by atoms with Gasteiger partial charge >= 0.3 is 0 Å². The van der Waals surface area contributed by atoms with E-state index in [4.69, 9.17) is 4.74 Å². The molecule has 49 valence electrons. The van der Waals surface area contributed by atoms with E-state index in [0.717, 1.165) is 0 Å². The molecule has 0 bridgehead atoms. The summed E-state index contributed by atoms with van der Waals surface area (Å²) in [5.41, 5.74) is 0. The summed E-state index contributed by atoms with van der Waals surface area (Å²) in [4.78, 5) is 0. The lowest BCUT2D eigenvalue weighted by molar-refractivity contribution is -0.153. The van der Waals surface area contributed by atoms with E-state index in [1.54, 1.807) is 0 Å². The van der Waals surface area contributed by atoms with E-state index in [1.165, 1.54) is 7.11 Å². The van der Waals surface area contributed by atoms with Crippen LogP contribution in [0.3, 0.4) is 0 Å². The van der Waals surface area contributed by atoms with Crippen LogP contribution in [0.5, 0.6) is 0 Å². The molecule has 0 amide bonds. The van der Waals surface area contributed by atoms with Crippen molar-refractivity contribution in [2.24, 2.45) is 0 Å². The third kappa shape index (κ3) is 2.96. The Kier molecular flexibility index (Phi) is 4.95. The van der Waals surface area contributed by atoms with Crippen LogP contribution in [0.4, 0.5) is 0 Å². The van der Waals surface area contributed by atoms with Crippen molar-refractivity contribution in [2.45, 2.75) is 13.2 Å². The monoisotopic (exact) mass is 119 g/mol. The molecule has 1 unspecified atom stereocenters. The predicted molar refractivity (Wildman–Crippen MR) is 28.0 cm³/mol. The molecule has 0 N–H and O–H groups in total. The maximum Gasteiger partial charge on any atom is 0.183 e. The number of hydrogen-bond donors (Lipinski definition) is 0. The molecule has 1 radical (unpaired) electrons. The molecule has 1 atom stereocenters. The number of methoxy groups -OCH3 is 1. The molecular weight excluding hydrogens is 108 g/mol. The van der Waals surface area contributed by atoms with Crippen molar-refractivity contribution in [1.82, 2.24) is 0 Å². The standard InChI is InChI=1S/C5H11O3/c1-3-8-5(4-6)7-2/h5H,3-4H2,1-2H3. The molecule has 0 aliphatic rings. The van der Waals surface area contributed by atoms with Gasteiger partial charge in [0.15, 0.2) is 6.29 Å². The van der Waals surface area contributed by atoms with E-state index >= 15 is 0 Å². The molecule has 3 heteroatoms. The highest BCUT2D eigenvalue weighted by atomic mass is 16.7. The Balaban J connectivity index is 3.07. The smallest absolute Gasteiger partial charge is 0.183 e. The van der Waals surface area contributed by atoms with Crippen molar-refractivity contribution in [3.8, 4) is 0 Å². The molecule has 0 aromatic carbocycles. The van der Waals surface area contributed by atoms with Crippen molar-refractivity contribution < 1.29 is 14.6 Å². The summed E-state index contributed by atoms with van der Waals surface area (Å²) in [6.45, 7) is 2.02. The quantitative estimate of drug-likeness (QED) is 0.503. The van der Waals surface area contributed by atoms with Gasteiger partial charge in [0.1, 0.15) is 6.61 Å². The van der Waals surface area contributed by atoms with Crippen LogP contribution in [0, 0.1) is 0 Å². The van der Waals surface area contributed by atoms with E-state index < -0.39 is 6.29 Å².